The molecule has 2 aliphatic rings. The summed E-state index contributed by atoms with van der Waals surface area (Å²) in [6, 6.07) is 11.1. The number of carboxylic acid groups (broad SMARTS) is 1. The topological polar surface area (TPSA) is 113 Å². The number of nitrogens with one attached hydrogen (secondary N) is 1. The fourth-order valence-electron chi connectivity index (χ4n) is 4.41. The quantitative estimate of drug-likeness (QED) is 0.401. The minimum Gasteiger partial charge on any atom is -0.497 e. The number of hydrogen-bond donors (Lipinski definition) is 2. The second kappa shape index (κ2) is 12.5. The number of hydrogen-bond acceptors (Lipinski definition) is 7. The molecular weight excluding hydrogens is 464 g/mol. The summed E-state index contributed by atoms with van der Waals surface area (Å²) < 4.78 is 10.7. The van der Waals surface area contributed by atoms with Crippen molar-refractivity contribution in [3.05, 3.63) is 59.8 Å². The molecule has 3 heterocycles. The average Bonchev–Trinajstić information content (AvgIpc) is 3.35. The molecule has 0 bridgehead atoms. The molecule has 2 fully saturated rings. The van der Waals surface area contributed by atoms with E-state index in [9.17, 15) is 14.7 Å². The summed E-state index contributed by atoms with van der Waals surface area (Å²) in [5.41, 5.74) is 4.15. The predicted molar refractivity (Wildman–Crippen MR) is 133 cm³/mol. The molecule has 0 saturated carbocycles. The van der Waals surface area contributed by atoms with Gasteiger partial charge in [-0.15, -0.1) is 0 Å². The number of rotatable bonds is 9. The van der Waals surface area contributed by atoms with E-state index in [1.54, 1.807) is 31.5 Å². The van der Waals surface area contributed by atoms with E-state index in [0.29, 0.717) is 31.0 Å². The van der Waals surface area contributed by atoms with Gasteiger partial charge in [0.25, 0.3) is 5.91 Å². The van der Waals surface area contributed by atoms with Gasteiger partial charge in [-0.25, -0.2) is 20.1 Å². The number of amides is 2. The Labute approximate surface area is 210 Å². The molecule has 10 nitrogen and oxygen atoms in total. The second-order valence-corrected chi connectivity index (χ2v) is 8.85. The highest BCUT2D eigenvalue weighted by Gasteiger charge is 2.32. The number of hydroxylamine groups is 1. The van der Waals surface area contributed by atoms with Crippen molar-refractivity contribution in [3.8, 4) is 5.75 Å². The SMILES string of the molecule is COc1cccc(CN2CC[C@@H](N(C(=O)O)c3ccc(/C=C/C(=O)NOC4CCCCO4)cn3)C2)c1. The van der Waals surface area contributed by atoms with E-state index >= 15 is 0 Å². The van der Waals surface area contributed by atoms with Crippen molar-refractivity contribution in [2.24, 2.45) is 0 Å². The molecule has 2 atom stereocenters. The third-order valence-corrected chi connectivity index (χ3v) is 6.23. The zero-order valence-corrected chi connectivity index (χ0v) is 20.3. The lowest BCUT2D eigenvalue weighted by atomic mass is 10.2. The average molecular weight is 497 g/mol. The largest absolute Gasteiger partial charge is 0.497 e. The van der Waals surface area contributed by atoms with E-state index in [1.807, 2.05) is 24.3 Å². The van der Waals surface area contributed by atoms with Crippen LogP contribution in [-0.4, -0.2) is 66.1 Å². The smallest absolute Gasteiger partial charge is 0.413 e. The minimum atomic E-state index is -1.04. The maximum absolute atomic E-state index is 12.1. The van der Waals surface area contributed by atoms with E-state index in [1.165, 1.54) is 11.0 Å². The zero-order valence-electron chi connectivity index (χ0n) is 20.3. The second-order valence-electron chi connectivity index (χ2n) is 8.85. The van der Waals surface area contributed by atoms with Gasteiger partial charge in [-0.2, -0.15) is 0 Å². The molecule has 1 unspecified atom stereocenters. The molecule has 2 aliphatic heterocycles. The molecule has 2 aromatic rings. The first-order valence-corrected chi connectivity index (χ1v) is 12.1. The maximum atomic E-state index is 12.1. The first kappa shape index (κ1) is 25.6. The number of ether oxygens (including phenoxy) is 2. The van der Waals surface area contributed by atoms with Gasteiger partial charge in [0.15, 0.2) is 6.29 Å². The standard InChI is InChI=1S/C26H32N4O6/c1-34-22-6-4-5-20(15-22)17-29-13-12-21(18-29)30(26(32)33)23-10-8-19(16-27-23)9-11-24(31)28-36-25-7-2-3-14-35-25/h4-6,8-11,15-16,21,25H,2-3,7,12-14,17-18H2,1H3,(H,28,31)(H,32,33)/b11-9+/t21-,25?/m1/s1. The summed E-state index contributed by atoms with van der Waals surface area (Å²) in [4.78, 5) is 37.3. The van der Waals surface area contributed by atoms with Gasteiger partial charge in [0.1, 0.15) is 11.6 Å². The summed E-state index contributed by atoms with van der Waals surface area (Å²) in [6.45, 7) is 2.74. The van der Waals surface area contributed by atoms with Crippen LogP contribution in [0.15, 0.2) is 48.7 Å². The van der Waals surface area contributed by atoms with Crippen LogP contribution >= 0.6 is 0 Å². The molecule has 2 amide bonds. The zero-order chi connectivity index (χ0) is 25.3. The van der Waals surface area contributed by atoms with E-state index in [2.05, 4.69) is 15.4 Å². The minimum absolute atomic E-state index is 0.202. The monoisotopic (exact) mass is 496 g/mol. The molecule has 0 aliphatic carbocycles. The number of carbonyl (C=O) groups is 2. The van der Waals surface area contributed by atoms with E-state index in [0.717, 1.165) is 43.7 Å². The Kier molecular flexibility index (Phi) is 8.88. The van der Waals surface area contributed by atoms with Gasteiger partial charge < -0.3 is 14.6 Å². The Balaban J connectivity index is 1.31. The Morgan fingerprint density at radius 2 is 2.17 bits per heavy atom. The van der Waals surface area contributed by atoms with Gasteiger partial charge in [0.2, 0.25) is 0 Å². The van der Waals surface area contributed by atoms with Gasteiger partial charge in [0.05, 0.1) is 13.2 Å². The number of benzene rings is 1. The van der Waals surface area contributed by atoms with Crippen LogP contribution in [0.3, 0.4) is 0 Å². The van der Waals surface area contributed by atoms with Gasteiger partial charge in [-0.05, 0) is 60.7 Å². The Morgan fingerprint density at radius 3 is 2.89 bits per heavy atom. The number of likely N-dealkylation sites (tertiary alicyclic amines) is 1. The van der Waals surface area contributed by atoms with Crippen LogP contribution in [0, 0.1) is 0 Å². The number of methoxy groups -OCH3 is 1. The lowest BCUT2D eigenvalue weighted by Crippen LogP contribution is -2.41. The number of aromatic nitrogens is 1. The molecule has 0 spiro atoms. The fourth-order valence-corrected chi connectivity index (χ4v) is 4.41. The number of anilines is 1. The van der Waals surface area contributed by atoms with Crippen LogP contribution in [0.1, 0.15) is 36.8 Å². The van der Waals surface area contributed by atoms with Gasteiger partial charge in [0, 0.05) is 44.9 Å². The molecule has 36 heavy (non-hydrogen) atoms. The molecule has 1 aromatic carbocycles. The van der Waals surface area contributed by atoms with Crippen molar-refractivity contribution in [1.29, 1.82) is 0 Å². The molecule has 192 valence electrons. The summed E-state index contributed by atoms with van der Waals surface area (Å²) in [5, 5.41) is 9.90. The molecule has 0 radical (unpaired) electrons. The highest BCUT2D eigenvalue weighted by atomic mass is 16.8. The number of pyridine rings is 1. The maximum Gasteiger partial charge on any atom is 0.413 e. The highest BCUT2D eigenvalue weighted by Crippen LogP contribution is 2.24. The highest BCUT2D eigenvalue weighted by molar-refractivity contribution is 5.91. The third-order valence-electron chi connectivity index (χ3n) is 6.23. The van der Waals surface area contributed by atoms with Crippen molar-refractivity contribution < 1.29 is 29.0 Å². The van der Waals surface area contributed by atoms with E-state index in [-0.39, 0.29) is 6.04 Å². The molecular formula is C26H32N4O6. The fraction of sp³-hybridized carbons (Fsp3) is 0.423. The van der Waals surface area contributed by atoms with Crippen molar-refractivity contribution in [2.45, 2.75) is 44.6 Å². The lowest BCUT2D eigenvalue weighted by Gasteiger charge is -2.25. The molecule has 2 saturated heterocycles. The van der Waals surface area contributed by atoms with E-state index < -0.39 is 18.3 Å². The lowest BCUT2D eigenvalue weighted by molar-refractivity contribution is -0.198. The predicted octanol–water partition coefficient (Wildman–Crippen LogP) is 3.44. The Morgan fingerprint density at radius 1 is 1.28 bits per heavy atom. The normalized spacial score (nSPS) is 20.4. The van der Waals surface area contributed by atoms with Crippen LogP contribution in [0.5, 0.6) is 5.75 Å². The Bertz CT molecular complexity index is 1050. The molecule has 2 N–H and O–H groups in total. The van der Waals surface area contributed by atoms with Crippen molar-refractivity contribution in [2.75, 3.05) is 31.7 Å². The Hall–Kier alpha value is -3.47. The van der Waals surface area contributed by atoms with Crippen LogP contribution in [0.4, 0.5) is 10.6 Å². The van der Waals surface area contributed by atoms with Gasteiger partial charge in [-0.3, -0.25) is 14.6 Å². The first-order valence-electron chi connectivity index (χ1n) is 12.1. The summed E-state index contributed by atoms with van der Waals surface area (Å²) in [5.74, 6) is 0.745. The van der Waals surface area contributed by atoms with Crippen molar-refractivity contribution in [1.82, 2.24) is 15.4 Å². The van der Waals surface area contributed by atoms with Crippen LogP contribution in [-0.2, 0) is 20.9 Å². The number of carbonyl (C=O) groups excluding carboxylic acids is 1. The molecule has 10 heteroatoms. The van der Waals surface area contributed by atoms with Crippen LogP contribution in [0.2, 0.25) is 0 Å². The van der Waals surface area contributed by atoms with Gasteiger partial charge in [-0.1, -0.05) is 12.1 Å². The van der Waals surface area contributed by atoms with Crippen LogP contribution < -0.4 is 15.1 Å². The van der Waals surface area contributed by atoms with Crippen molar-refractivity contribution >= 4 is 23.9 Å². The molecule has 1 aromatic heterocycles. The summed E-state index contributed by atoms with van der Waals surface area (Å²) in [6.07, 6.45) is 6.47. The van der Waals surface area contributed by atoms with Gasteiger partial charge >= 0.3 is 6.09 Å². The van der Waals surface area contributed by atoms with Crippen LogP contribution in [0.25, 0.3) is 6.08 Å². The van der Waals surface area contributed by atoms with Crippen molar-refractivity contribution in [3.63, 3.8) is 0 Å². The van der Waals surface area contributed by atoms with E-state index in [4.69, 9.17) is 14.3 Å². The number of nitrogens with zero attached hydrogens (tertiary/aromatic N) is 3. The summed E-state index contributed by atoms with van der Waals surface area (Å²) >= 11 is 0. The first-order chi connectivity index (χ1) is 17.5. The molecule has 4 rings (SSSR count). The summed E-state index contributed by atoms with van der Waals surface area (Å²) in [7, 11) is 1.64. The third kappa shape index (κ3) is 7.03.